The van der Waals surface area contributed by atoms with Crippen molar-refractivity contribution in [3.8, 4) is 0 Å². The lowest BCUT2D eigenvalue weighted by Crippen LogP contribution is -2.44. The molecule has 1 saturated heterocycles. The molecule has 3 nitrogen and oxygen atoms in total. The molecule has 4 atom stereocenters. The molecule has 0 aromatic carbocycles. The molecule has 1 aliphatic carbocycles. The average molecular weight is 238 g/mol. The van der Waals surface area contributed by atoms with E-state index in [0.29, 0.717) is 17.9 Å². The van der Waals surface area contributed by atoms with Crippen LogP contribution in [-0.2, 0) is 4.79 Å². The summed E-state index contributed by atoms with van der Waals surface area (Å²) in [5, 5.41) is 3.46. The fourth-order valence-electron chi connectivity index (χ4n) is 3.42. The molecule has 1 N–H and O–H groups in total. The van der Waals surface area contributed by atoms with Gasteiger partial charge in [-0.2, -0.15) is 0 Å². The van der Waals surface area contributed by atoms with Gasteiger partial charge in [0.1, 0.15) is 0 Å². The van der Waals surface area contributed by atoms with E-state index in [1.807, 2.05) is 0 Å². The van der Waals surface area contributed by atoms with Gasteiger partial charge in [0.2, 0.25) is 5.91 Å². The van der Waals surface area contributed by atoms with Crippen LogP contribution in [0.4, 0.5) is 0 Å². The smallest absolute Gasteiger partial charge is 0.241 e. The summed E-state index contributed by atoms with van der Waals surface area (Å²) in [5.41, 5.74) is 0. The fourth-order valence-corrected chi connectivity index (χ4v) is 3.42. The third-order valence-electron chi connectivity index (χ3n) is 4.43. The highest BCUT2D eigenvalue weighted by molar-refractivity contribution is 5.84. The van der Waals surface area contributed by atoms with Gasteiger partial charge in [0.25, 0.3) is 0 Å². The first kappa shape index (κ1) is 12.9. The molecule has 0 aromatic heterocycles. The summed E-state index contributed by atoms with van der Waals surface area (Å²) in [7, 11) is 0. The van der Waals surface area contributed by atoms with Crippen molar-refractivity contribution in [1.82, 2.24) is 10.2 Å². The topological polar surface area (TPSA) is 32.3 Å². The highest BCUT2D eigenvalue weighted by atomic mass is 16.2. The molecule has 3 heteroatoms. The second-order valence-corrected chi connectivity index (χ2v) is 5.76. The summed E-state index contributed by atoms with van der Waals surface area (Å²) < 4.78 is 0. The summed E-state index contributed by atoms with van der Waals surface area (Å²) in [6.45, 7) is 6.60. The molecule has 98 valence electrons. The number of nitrogens with one attached hydrogen (secondary N) is 1. The van der Waals surface area contributed by atoms with Crippen LogP contribution in [0.1, 0.15) is 59.3 Å². The van der Waals surface area contributed by atoms with Gasteiger partial charge in [0.15, 0.2) is 0 Å². The molecule has 1 amide bonds. The Labute approximate surface area is 105 Å². The summed E-state index contributed by atoms with van der Waals surface area (Å²) >= 11 is 0. The van der Waals surface area contributed by atoms with E-state index in [2.05, 4.69) is 31.0 Å². The maximum Gasteiger partial charge on any atom is 0.241 e. The zero-order chi connectivity index (χ0) is 12.4. The molecule has 0 aromatic rings. The van der Waals surface area contributed by atoms with Crippen LogP contribution in [0, 0.1) is 5.92 Å². The maximum absolute atomic E-state index is 12.4. The van der Waals surface area contributed by atoms with Crippen LogP contribution in [-0.4, -0.2) is 29.1 Å². The molecule has 17 heavy (non-hydrogen) atoms. The van der Waals surface area contributed by atoms with Crippen LogP contribution in [0.5, 0.6) is 0 Å². The van der Waals surface area contributed by atoms with Gasteiger partial charge in [0, 0.05) is 6.04 Å². The lowest BCUT2D eigenvalue weighted by atomic mass is 10.0. The first-order valence-corrected chi connectivity index (χ1v) is 7.23. The molecule has 2 rings (SSSR count). The van der Waals surface area contributed by atoms with E-state index in [1.165, 1.54) is 25.7 Å². The molecule has 0 spiro atoms. The number of nitrogens with zero attached hydrogens (tertiary/aromatic N) is 1. The number of hydrogen-bond donors (Lipinski definition) is 1. The largest absolute Gasteiger partial charge is 0.323 e. The number of carbonyl (C=O) groups is 1. The van der Waals surface area contributed by atoms with Gasteiger partial charge in [0.05, 0.1) is 12.2 Å². The van der Waals surface area contributed by atoms with Gasteiger partial charge in [-0.25, -0.2) is 0 Å². The van der Waals surface area contributed by atoms with Gasteiger partial charge >= 0.3 is 0 Å². The van der Waals surface area contributed by atoms with E-state index in [4.69, 9.17) is 0 Å². The normalized spacial score (nSPS) is 38.1. The van der Waals surface area contributed by atoms with Crippen LogP contribution >= 0.6 is 0 Å². The van der Waals surface area contributed by atoms with Crippen LogP contribution in [0.25, 0.3) is 0 Å². The quantitative estimate of drug-likeness (QED) is 0.816. The first-order valence-electron chi connectivity index (χ1n) is 7.23. The van der Waals surface area contributed by atoms with Crippen molar-refractivity contribution < 1.29 is 4.79 Å². The Hall–Kier alpha value is -0.570. The molecule has 4 unspecified atom stereocenters. The molecular weight excluding hydrogens is 212 g/mol. The Morgan fingerprint density at radius 1 is 1.35 bits per heavy atom. The molecule has 1 aliphatic heterocycles. The lowest BCUT2D eigenvalue weighted by Gasteiger charge is -2.31. The minimum Gasteiger partial charge on any atom is -0.323 e. The number of rotatable bonds is 4. The van der Waals surface area contributed by atoms with Crippen LogP contribution in [0.15, 0.2) is 0 Å². The van der Waals surface area contributed by atoms with Gasteiger partial charge in [-0.05, 0) is 32.1 Å². The third kappa shape index (κ3) is 2.49. The highest BCUT2D eigenvalue weighted by Gasteiger charge is 2.42. The standard InChI is InChI=1S/C14H26N2O/c1-4-5-8-12-14(17)16(11(3)15-12)13-9-6-7-10(13)2/h10-13,15H,4-9H2,1-3H3. The fraction of sp³-hybridized carbons (Fsp3) is 0.929. The van der Waals surface area contributed by atoms with Gasteiger partial charge in [-0.3, -0.25) is 10.1 Å². The van der Waals surface area contributed by atoms with Crippen LogP contribution in [0.2, 0.25) is 0 Å². The SMILES string of the molecule is CCCCC1NC(C)N(C2CCCC2C)C1=O. The number of carbonyl (C=O) groups excluding carboxylic acids is 1. The zero-order valence-electron chi connectivity index (χ0n) is 11.4. The second kappa shape index (κ2) is 5.38. The van der Waals surface area contributed by atoms with Crippen LogP contribution < -0.4 is 5.32 Å². The molecule has 2 fully saturated rings. The van der Waals surface area contributed by atoms with Gasteiger partial charge in [-0.1, -0.05) is 33.1 Å². The minimum atomic E-state index is 0.0812. The first-order chi connectivity index (χ1) is 8.15. The second-order valence-electron chi connectivity index (χ2n) is 5.76. The Morgan fingerprint density at radius 2 is 2.12 bits per heavy atom. The maximum atomic E-state index is 12.4. The molecule has 0 radical (unpaired) electrons. The Balaban J connectivity index is 2.00. The molecule has 2 aliphatic rings. The number of unbranched alkanes of at least 4 members (excludes halogenated alkanes) is 1. The van der Waals surface area contributed by atoms with Crippen LogP contribution in [0.3, 0.4) is 0 Å². The Morgan fingerprint density at radius 3 is 2.71 bits per heavy atom. The molecule has 1 heterocycles. The highest BCUT2D eigenvalue weighted by Crippen LogP contribution is 2.33. The number of amides is 1. The monoisotopic (exact) mass is 238 g/mol. The third-order valence-corrected chi connectivity index (χ3v) is 4.43. The lowest BCUT2D eigenvalue weighted by molar-refractivity contribution is -0.132. The minimum absolute atomic E-state index is 0.0812. The predicted octanol–water partition coefficient (Wildman–Crippen LogP) is 2.51. The van der Waals surface area contributed by atoms with Crippen molar-refractivity contribution in [1.29, 1.82) is 0 Å². The van der Waals surface area contributed by atoms with E-state index < -0.39 is 0 Å². The summed E-state index contributed by atoms with van der Waals surface area (Å²) in [5.74, 6) is 1.03. The van der Waals surface area contributed by atoms with Crippen molar-refractivity contribution in [2.75, 3.05) is 0 Å². The van der Waals surface area contributed by atoms with Crippen molar-refractivity contribution in [2.24, 2.45) is 5.92 Å². The summed E-state index contributed by atoms with van der Waals surface area (Å²) in [6.07, 6.45) is 7.29. The Kier molecular flexibility index (Phi) is 4.08. The molecular formula is C14H26N2O. The molecule has 1 saturated carbocycles. The van der Waals surface area contributed by atoms with E-state index in [-0.39, 0.29) is 12.2 Å². The van der Waals surface area contributed by atoms with Crippen molar-refractivity contribution in [2.45, 2.75) is 77.5 Å². The van der Waals surface area contributed by atoms with Crippen molar-refractivity contribution >= 4 is 5.91 Å². The average Bonchev–Trinajstić information content (AvgIpc) is 2.81. The predicted molar refractivity (Wildman–Crippen MR) is 69.6 cm³/mol. The van der Waals surface area contributed by atoms with E-state index >= 15 is 0 Å². The zero-order valence-corrected chi connectivity index (χ0v) is 11.4. The van der Waals surface area contributed by atoms with Crippen molar-refractivity contribution in [3.63, 3.8) is 0 Å². The summed E-state index contributed by atoms with van der Waals surface area (Å²) in [6, 6.07) is 0.564. The Bertz CT molecular complexity index is 279. The number of hydrogen-bond acceptors (Lipinski definition) is 2. The van der Waals surface area contributed by atoms with Gasteiger partial charge < -0.3 is 4.90 Å². The van der Waals surface area contributed by atoms with E-state index in [9.17, 15) is 4.79 Å². The summed E-state index contributed by atoms with van der Waals surface area (Å²) in [4.78, 5) is 14.6. The van der Waals surface area contributed by atoms with Crippen molar-refractivity contribution in [3.05, 3.63) is 0 Å². The van der Waals surface area contributed by atoms with E-state index in [1.54, 1.807) is 0 Å². The molecule has 0 bridgehead atoms. The van der Waals surface area contributed by atoms with E-state index in [0.717, 1.165) is 12.8 Å². The van der Waals surface area contributed by atoms with Gasteiger partial charge in [-0.15, -0.1) is 0 Å².